The number of furan rings is 1. The molecule has 2 amide bonds. The van der Waals surface area contributed by atoms with Crippen molar-refractivity contribution in [2.45, 2.75) is 18.5 Å². The van der Waals surface area contributed by atoms with Crippen molar-refractivity contribution in [3.05, 3.63) is 54.2 Å². The lowest BCUT2D eigenvalue weighted by Crippen LogP contribution is -2.97. The van der Waals surface area contributed by atoms with E-state index >= 15 is 0 Å². The molecule has 2 saturated heterocycles. The second-order valence-electron chi connectivity index (χ2n) is 6.97. The molecule has 0 radical (unpaired) electrons. The number of hydrogen-bond acceptors (Lipinski definition) is 5. The molecule has 0 saturated carbocycles. The molecule has 7 nitrogen and oxygen atoms in total. The Kier molecular flexibility index (Phi) is 3.88. The molecule has 2 aromatic rings. The maximum absolute atomic E-state index is 13.3. The van der Waals surface area contributed by atoms with Crippen LogP contribution in [0.4, 0.5) is 10.1 Å². The van der Waals surface area contributed by atoms with E-state index < -0.39 is 47.0 Å². The Morgan fingerprint density at radius 2 is 1.93 bits per heavy atom. The number of rotatable bonds is 3. The number of ether oxygens (including phenoxy) is 1. The third-order valence-corrected chi connectivity index (χ3v) is 5.49. The normalized spacial score (nSPS) is 29.9. The summed E-state index contributed by atoms with van der Waals surface area (Å²) < 4.78 is 23.6. The van der Waals surface area contributed by atoms with Crippen molar-refractivity contribution in [3.8, 4) is 0 Å². The highest BCUT2D eigenvalue weighted by molar-refractivity contribution is 6.23. The third kappa shape index (κ3) is 2.40. The summed E-state index contributed by atoms with van der Waals surface area (Å²) in [6, 6.07) is 7.95. The lowest BCUT2D eigenvalue weighted by atomic mass is 9.81. The molecule has 8 heteroatoms. The Morgan fingerprint density at radius 3 is 2.52 bits per heavy atom. The van der Waals surface area contributed by atoms with Gasteiger partial charge in [0.1, 0.15) is 17.7 Å². The molecule has 2 aliphatic rings. The molecule has 4 rings (SSSR count). The zero-order chi connectivity index (χ0) is 19.3. The lowest BCUT2D eigenvalue weighted by molar-refractivity contribution is -0.732. The highest BCUT2D eigenvalue weighted by Crippen LogP contribution is 2.45. The fourth-order valence-corrected chi connectivity index (χ4v) is 4.26. The summed E-state index contributed by atoms with van der Waals surface area (Å²) in [5, 5.41) is 1.67. The van der Waals surface area contributed by atoms with Gasteiger partial charge in [0, 0.05) is 6.92 Å². The Bertz CT molecular complexity index is 911. The number of esters is 1. The summed E-state index contributed by atoms with van der Waals surface area (Å²) >= 11 is 0. The van der Waals surface area contributed by atoms with Crippen LogP contribution in [-0.2, 0) is 19.1 Å². The number of nitrogens with two attached hydrogens (primary N) is 1. The van der Waals surface area contributed by atoms with Crippen LogP contribution in [0.1, 0.15) is 18.7 Å². The first-order valence-corrected chi connectivity index (χ1v) is 8.49. The van der Waals surface area contributed by atoms with Crippen LogP contribution in [0.3, 0.4) is 0 Å². The minimum absolute atomic E-state index is 0.270. The van der Waals surface area contributed by atoms with Gasteiger partial charge in [-0.15, -0.1) is 0 Å². The minimum Gasteiger partial charge on any atom is -0.464 e. The smallest absolute Gasteiger partial charge is 0.368 e. The summed E-state index contributed by atoms with van der Waals surface area (Å²) in [6.07, 6.45) is 1.48. The zero-order valence-electron chi connectivity index (χ0n) is 14.7. The maximum atomic E-state index is 13.3. The molecule has 1 aromatic carbocycles. The van der Waals surface area contributed by atoms with E-state index in [4.69, 9.17) is 9.15 Å². The van der Waals surface area contributed by atoms with Crippen LogP contribution in [0.25, 0.3) is 0 Å². The molecule has 0 unspecified atom stereocenters. The summed E-state index contributed by atoms with van der Waals surface area (Å²) in [6.45, 7) is 1.60. The average molecular weight is 373 g/mol. The van der Waals surface area contributed by atoms with E-state index in [1.54, 1.807) is 24.4 Å². The molecule has 27 heavy (non-hydrogen) atoms. The topological polar surface area (TPSA) is 93.4 Å². The van der Waals surface area contributed by atoms with Gasteiger partial charge in [-0.05, 0) is 36.4 Å². The first-order chi connectivity index (χ1) is 12.9. The molecule has 0 aliphatic carbocycles. The molecular formula is C19H18FN2O5+. The molecule has 0 spiro atoms. The molecule has 4 atom stereocenters. The fraction of sp³-hybridized carbons (Fsp3) is 0.316. The van der Waals surface area contributed by atoms with Gasteiger partial charge in [0.2, 0.25) is 17.4 Å². The van der Waals surface area contributed by atoms with Crippen LogP contribution in [-0.4, -0.2) is 30.4 Å². The number of halogens is 1. The largest absolute Gasteiger partial charge is 0.464 e. The van der Waals surface area contributed by atoms with Crippen LogP contribution in [0.15, 0.2) is 47.1 Å². The van der Waals surface area contributed by atoms with Crippen LogP contribution < -0.4 is 10.2 Å². The number of methoxy groups -OCH3 is 1. The maximum Gasteiger partial charge on any atom is 0.368 e. The summed E-state index contributed by atoms with van der Waals surface area (Å²) in [5.74, 6) is -3.22. The molecular weight excluding hydrogens is 355 g/mol. The van der Waals surface area contributed by atoms with Crippen LogP contribution in [0.2, 0.25) is 0 Å². The number of fused-ring (bicyclic) bond motifs is 1. The van der Waals surface area contributed by atoms with Gasteiger partial charge in [-0.1, -0.05) is 0 Å². The molecule has 2 aliphatic heterocycles. The van der Waals surface area contributed by atoms with Crippen molar-refractivity contribution in [2.75, 3.05) is 12.0 Å². The Hall–Kier alpha value is -3.00. The summed E-state index contributed by atoms with van der Waals surface area (Å²) in [5.41, 5.74) is -1.01. The van der Waals surface area contributed by atoms with Crippen molar-refractivity contribution in [1.29, 1.82) is 0 Å². The Balaban J connectivity index is 1.81. The molecule has 1 aromatic heterocycles. The Labute approximate surface area is 154 Å². The van der Waals surface area contributed by atoms with E-state index in [0.717, 1.165) is 4.90 Å². The van der Waals surface area contributed by atoms with Gasteiger partial charge in [-0.25, -0.2) is 14.1 Å². The standard InChI is InChI=1S/C19H17FN2O5/c1-19(18(25)26-2)14-13(15(21-19)12-4-3-9-27-12)16(23)22(17(14)24)11-7-5-10(20)6-8-11/h3-9,13-15,21H,1-2H3/p+1/t13-,14-,15-,19+/m0/s1. The third-order valence-electron chi connectivity index (χ3n) is 5.49. The molecule has 3 heterocycles. The summed E-state index contributed by atoms with van der Waals surface area (Å²) in [4.78, 5) is 39.9. The zero-order valence-corrected chi connectivity index (χ0v) is 14.7. The van der Waals surface area contributed by atoms with E-state index in [1.807, 2.05) is 0 Å². The number of anilines is 1. The number of hydrogen-bond donors (Lipinski definition) is 1. The van der Waals surface area contributed by atoms with Crippen LogP contribution >= 0.6 is 0 Å². The second kappa shape index (κ2) is 6.02. The molecule has 2 fully saturated rings. The van der Waals surface area contributed by atoms with E-state index in [-0.39, 0.29) is 5.69 Å². The first-order valence-electron chi connectivity index (χ1n) is 8.49. The highest BCUT2D eigenvalue weighted by Gasteiger charge is 2.71. The average Bonchev–Trinajstić information content (AvgIpc) is 3.34. The quantitative estimate of drug-likeness (QED) is 0.634. The monoisotopic (exact) mass is 373 g/mol. The number of amides is 2. The number of benzene rings is 1. The number of quaternary nitrogens is 1. The predicted molar refractivity (Wildman–Crippen MR) is 89.7 cm³/mol. The minimum atomic E-state index is -1.28. The molecule has 140 valence electrons. The van der Waals surface area contributed by atoms with E-state index in [9.17, 15) is 18.8 Å². The van der Waals surface area contributed by atoms with Gasteiger partial charge in [0.25, 0.3) is 0 Å². The SMILES string of the molecule is COC(=O)[C@]1(C)[NH2+][C@@H](c2ccco2)[C@H]2C(=O)N(c3ccc(F)cc3)C(=O)[C@H]21. The lowest BCUT2D eigenvalue weighted by Gasteiger charge is -2.25. The summed E-state index contributed by atoms with van der Waals surface area (Å²) in [7, 11) is 1.25. The number of carbonyl (C=O) groups is 3. The van der Waals surface area contributed by atoms with Crippen molar-refractivity contribution < 1.29 is 33.2 Å². The van der Waals surface area contributed by atoms with E-state index in [2.05, 4.69) is 0 Å². The van der Waals surface area contributed by atoms with E-state index in [0.29, 0.717) is 5.76 Å². The number of nitrogens with zero attached hydrogens (tertiary/aromatic N) is 1. The van der Waals surface area contributed by atoms with Crippen molar-refractivity contribution in [3.63, 3.8) is 0 Å². The number of imide groups is 1. The van der Waals surface area contributed by atoms with Gasteiger partial charge in [-0.2, -0.15) is 0 Å². The Morgan fingerprint density at radius 1 is 1.22 bits per heavy atom. The van der Waals surface area contributed by atoms with Gasteiger partial charge >= 0.3 is 5.97 Å². The van der Waals surface area contributed by atoms with Crippen molar-refractivity contribution >= 4 is 23.5 Å². The van der Waals surface area contributed by atoms with Crippen LogP contribution in [0, 0.1) is 17.7 Å². The van der Waals surface area contributed by atoms with Crippen LogP contribution in [0.5, 0.6) is 0 Å². The van der Waals surface area contributed by atoms with Crippen molar-refractivity contribution in [1.82, 2.24) is 0 Å². The second-order valence-corrected chi connectivity index (χ2v) is 6.97. The van der Waals surface area contributed by atoms with Gasteiger partial charge < -0.3 is 14.5 Å². The highest BCUT2D eigenvalue weighted by atomic mass is 19.1. The number of carbonyl (C=O) groups excluding carboxylic acids is 3. The molecule has 2 N–H and O–H groups in total. The fourth-order valence-electron chi connectivity index (χ4n) is 4.26. The molecule has 0 bridgehead atoms. The van der Waals surface area contributed by atoms with Gasteiger partial charge in [0.15, 0.2) is 11.8 Å². The van der Waals surface area contributed by atoms with E-state index in [1.165, 1.54) is 37.6 Å². The predicted octanol–water partition coefficient (Wildman–Crippen LogP) is 0.774. The first kappa shape index (κ1) is 17.4. The van der Waals surface area contributed by atoms with Gasteiger partial charge in [0.05, 0.1) is 19.1 Å². The van der Waals surface area contributed by atoms with Gasteiger partial charge in [-0.3, -0.25) is 9.59 Å². The van der Waals surface area contributed by atoms with Crippen molar-refractivity contribution in [2.24, 2.45) is 11.8 Å².